The highest BCUT2D eigenvalue weighted by atomic mass is 35.5. The van der Waals surface area contributed by atoms with E-state index in [1.54, 1.807) is 0 Å². The van der Waals surface area contributed by atoms with Crippen LogP contribution in [0.3, 0.4) is 0 Å². The van der Waals surface area contributed by atoms with E-state index in [-0.39, 0.29) is 18.3 Å². The normalized spacial score (nSPS) is 12.6. The highest BCUT2D eigenvalue weighted by Gasteiger charge is 2.16. The van der Waals surface area contributed by atoms with E-state index in [0.29, 0.717) is 25.3 Å². The topological polar surface area (TPSA) is 64.3 Å². The smallest absolute Gasteiger partial charge is 0.250 e. The van der Waals surface area contributed by atoms with Gasteiger partial charge >= 0.3 is 0 Å². The summed E-state index contributed by atoms with van der Waals surface area (Å²) in [6, 6.07) is 7.70. The summed E-state index contributed by atoms with van der Waals surface area (Å²) >= 11 is 0. The number of benzene rings is 1. The Bertz CT molecular complexity index is 461. The molecule has 1 heterocycles. The molecule has 5 heteroatoms. The number of hydrogen-bond acceptors (Lipinski definition) is 3. The van der Waals surface area contributed by atoms with Crippen LogP contribution in [0.5, 0.6) is 5.75 Å². The third kappa shape index (κ3) is 4.26. The Hall–Kier alpha value is -1.52. The molecule has 2 rings (SSSR count). The Balaban J connectivity index is 0.00000180. The van der Waals surface area contributed by atoms with Crippen molar-refractivity contribution in [2.24, 2.45) is 5.73 Å². The lowest BCUT2D eigenvalue weighted by Crippen LogP contribution is -2.29. The van der Waals surface area contributed by atoms with Crippen molar-refractivity contribution < 1.29 is 9.53 Å². The van der Waals surface area contributed by atoms with Crippen molar-refractivity contribution in [2.45, 2.75) is 12.8 Å². The fourth-order valence-electron chi connectivity index (χ4n) is 1.83. The van der Waals surface area contributed by atoms with Crippen molar-refractivity contribution in [1.82, 2.24) is 5.32 Å². The van der Waals surface area contributed by atoms with Gasteiger partial charge in [-0.2, -0.15) is 0 Å². The van der Waals surface area contributed by atoms with Crippen LogP contribution in [0.4, 0.5) is 0 Å². The zero-order valence-corrected chi connectivity index (χ0v) is 11.5. The highest BCUT2D eigenvalue weighted by Crippen LogP contribution is 2.25. The number of carbonyl (C=O) groups excluding carboxylic acids is 1. The summed E-state index contributed by atoms with van der Waals surface area (Å²) in [7, 11) is 0. The van der Waals surface area contributed by atoms with Crippen LogP contribution in [-0.4, -0.2) is 25.6 Å². The van der Waals surface area contributed by atoms with Crippen molar-refractivity contribution in [2.75, 3.05) is 19.7 Å². The van der Waals surface area contributed by atoms with Gasteiger partial charge in [-0.1, -0.05) is 18.2 Å². The van der Waals surface area contributed by atoms with E-state index in [0.717, 1.165) is 24.2 Å². The van der Waals surface area contributed by atoms with Gasteiger partial charge in [0.05, 0.1) is 5.57 Å². The van der Waals surface area contributed by atoms with Crippen LogP contribution in [0.15, 0.2) is 29.8 Å². The highest BCUT2D eigenvalue weighted by molar-refractivity contribution is 5.99. The van der Waals surface area contributed by atoms with Gasteiger partial charge < -0.3 is 15.8 Å². The number of nitrogens with one attached hydrogen (secondary N) is 1. The second-order valence-corrected chi connectivity index (χ2v) is 4.25. The van der Waals surface area contributed by atoms with Gasteiger partial charge in [-0.05, 0) is 31.5 Å². The lowest BCUT2D eigenvalue weighted by molar-refractivity contribution is -0.117. The lowest BCUT2D eigenvalue weighted by Gasteiger charge is -2.17. The average molecular weight is 283 g/mol. The van der Waals surface area contributed by atoms with Gasteiger partial charge in [-0.15, -0.1) is 12.4 Å². The van der Waals surface area contributed by atoms with E-state index in [1.165, 1.54) is 0 Å². The number of halogens is 1. The molecule has 1 aromatic carbocycles. The zero-order chi connectivity index (χ0) is 12.8. The van der Waals surface area contributed by atoms with Crippen molar-refractivity contribution >= 4 is 24.4 Å². The molecule has 104 valence electrons. The lowest BCUT2D eigenvalue weighted by atomic mass is 10.1. The molecule has 0 radical (unpaired) electrons. The second-order valence-electron chi connectivity index (χ2n) is 4.25. The fourth-order valence-corrected chi connectivity index (χ4v) is 1.83. The number of fused-ring (bicyclic) bond motifs is 1. The molecule has 0 atom stereocenters. The quantitative estimate of drug-likeness (QED) is 0.809. The molecular weight excluding hydrogens is 264 g/mol. The number of ether oxygens (including phenoxy) is 1. The summed E-state index contributed by atoms with van der Waals surface area (Å²) in [5, 5.41) is 2.88. The maximum atomic E-state index is 11.9. The number of nitrogens with two attached hydrogens (primary N) is 1. The molecule has 19 heavy (non-hydrogen) atoms. The van der Waals surface area contributed by atoms with E-state index in [4.69, 9.17) is 10.5 Å². The summed E-state index contributed by atoms with van der Waals surface area (Å²) < 4.78 is 5.54. The Kier molecular flexibility index (Phi) is 6.39. The SMILES string of the molecule is Cl.NCCCCNC(=O)C1=Cc2ccccc2OC1. The van der Waals surface area contributed by atoms with Gasteiger partial charge in [0.1, 0.15) is 12.4 Å². The Morgan fingerprint density at radius 3 is 2.89 bits per heavy atom. The molecule has 0 bridgehead atoms. The number of carbonyl (C=O) groups is 1. The minimum atomic E-state index is -0.0541. The molecule has 0 fully saturated rings. The molecule has 0 aliphatic carbocycles. The standard InChI is InChI=1S/C14H18N2O2.ClH/c15-7-3-4-8-16-14(17)12-9-11-5-1-2-6-13(11)18-10-12;/h1-2,5-6,9H,3-4,7-8,10,15H2,(H,16,17);1H. The van der Waals surface area contributed by atoms with Crippen LogP contribution in [0.25, 0.3) is 6.08 Å². The molecule has 0 unspecified atom stereocenters. The number of unbranched alkanes of at least 4 members (excludes halogenated alkanes) is 1. The van der Waals surface area contributed by atoms with Gasteiger partial charge in [0.25, 0.3) is 5.91 Å². The monoisotopic (exact) mass is 282 g/mol. The minimum absolute atomic E-state index is 0. The third-order valence-electron chi connectivity index (χ3n) is 2.84. The van der Waals surface area contributed by atoms with Gasteiger partial charge in [-0.25, -0.2) is 0 Å². The summed E-state index contributed by atoms with van der Waals surface area (Å²) in [4.78, 5) is 11.9. The molecule has 0 saturated heterocycles. The molecule has 1 aromatic rings. The number of hydrogen-bond donors (Lipinski definition) is 2. The Labute approximate surface area is 119 Å². The van der Waals surface area contributed by atoms with Crippen LogP contribution in [-0.2, 0) is 4.79 Å². The molecule has 0 saturated carbocycles. The maximum absolute atomic E-state index is 11.9. The van der Waals surface area contributed by atoms with E-state index >= 15 is 0 Å². The van der Waals surface area contributed by atoms with Gasteiger partial charge in [0.2, 0.25) is 0 Å². The first-order valence-corrected chi connectivity index (χ1v) is 6.22. The van der Waals surface area contributed by atoms with Crippen molar-refractivity contribution in [3.63, 3.8) is 0 Å². The summed E-state index contributed by atoms with van der Waals surface area (Å²) in [6.45, 7) is 1.66. The summed E-state index contributed by atoms with van der Waals surface area (Å²) in [5.74, 6) is 0.777. The number of para-hydroxylation sites is 1. The summed E-state index contributed by atoms with van der Waals surface area (Å²) in [6.07, 6.45) is 3.72. The molecular formula is C14H19ClN2O2. The Morgan fingerprint density at radius 2 is 2.11 bits per heavy atom. The molecule has 0 aromatic heterocycles. The van der Waals surface area contributed by atoms with E-state index in [9.17, 15) is 4.79 Å². The first-order valence-electron chi connectivity index (χ1n) is 6.22. The maximum Gasteiger partial charge on any atom is 0.250 e. The largest absolute Gasteiger partial charge is 0.488 e. The van der Waals surface area contributed by atoms with Gasteiger partial charge in [0.15, 0.2) is 0 Å². The first kappa shape index (κ1) is 15.5. The predicted molar refractivity (Wildman–Crippen MR) is 78.5 cm³/mol. The fraction of sp³-hybridized carbons (Fsp3) is 0.357. The Morgan fingerprint density at radius 1 is 1.32 bits per heavy atom. The molecule has 1 amide bonds. The second kappa shape index (κ2) is 7.81. The minimum Gasteiger partial charge on any atom is -0.488 e. The van der Waals surface area contributed by atoms with Gasteiger partial charge in [0, 0.05) is 12.1 Å². The first-order chi connectivity index (χ1) is 8.81. The third-order valence-corrected chi connectivity index (χ3v) is 2.84. The van der Waals surface area contributed by atoms with Crippen LogP contribution < -0.4 is 15.8 Å². The van der Waals surface area contributed by atoms with Gasteiger partial charge in [-0.3, -0.25) is 4.79 Å². The molecule has 3 N–H and O–H groups in total. The molecule has 4 nitrogen and oxygen atoms in total. The summed E-state index contributed by atoms with van der Waals surface area (Å²) in [5.41, 5.74) is 7.02. The van der Waals surface area contributed by atoms with Crippen molar-refractivity contribution in [3.8, 4) is 5.75 Å². The predicted octanol–water partition coefficient (Wildman–Crippen LogP) is 1.74. The van der Waals surface area contributed by atoms with E-state index in [2.05, 4.69) is 5.32 Å². The van der Waals surface area contributed by atoms with E-state index < -0.39 is 0 Å². The van der Waals surface area contributed by atoms with Crippen LogP contribution in [0.2, 0.25) is 0 Å². The van der Waals surface area contributed by atoms with Crippen LogP contribution in [0, 0.1) is 0 Å². The zero-order valence-electron chi connectivity index (χ0n) is 10.7. The van der Waals surface area contributed by atoms with Crippen molar-refractivity contribution in [1.29, 1.82) is 0 Å². The number of amides is 1. The average Bonchev–Trinajstić information content (AvgIpc) is 2.43. The van der Waals surface area contributed by atoms with E-state index in [1.807, 2.05) is 30.3 Å². The van der Waals surface area contributed by atoms with Crippen molar-refractivity contribution in [3.05, 3.63) is 35.4 Å². The molecule has 1 aliphatic heterocycles. The van der Waals surface area contributed by atoms with Crippen LogP contribution in [0.1, 0.15) is 18.4 Å². The molecule has 0 spiro atoms. The molecule has 1 aliphatic rings. The number of rotatable bonds is 5. The van der Waals surface area contributed by atoms with Crippen LogP contribution >= 0.6 is 12.4 Å².